The number of likely N-dealkylation sites (tertiary alicyclic amines) is 1. The van der Waals surface area contributed by atoms with Gasteiger partial charge in [-0.15, -0.1) is 0 Å². The predicted molar refractivity (Wildman–Crippen MR) is 74.3 cm³/mol. The zero-order valence-corrected chi connectivity index (χ0v) is 12.1. The number of carbonyl (C=O) groups excluding carboxylic acids is 2. The van der Waals surface area contributed by atoms with E-state index >= 15 is 0 Å². The average molecular weight is 292 g/mol. The summed E-state index contributed by atoms with van der Waals surface area (Å²) in [4.78, 5) is 33.6. The van der Waals surface area contributed by atoms with Crippen molar-refractivity contribution in [3.05, 3.63) is 17.7 Å². The maximum atomic E-state index is 12.7. The Labute approximate surface area is 123 Å². The van der Waals surface area contributed by atoms with Gasteiger partial charge in [-0.05, 0) is 19.3 Å². The summed E-state index contributed by atoms with van der Waals surface area (Å²) < 4.78 is 4.83. The Morgan fingerprint density at radius 3 is 3.10 bits per heavy atom. The van der Waals surface area contributed by atoms with Crippen LogP contribution in [0.3, 0.4) is 0 Å². The molecule has 114 valence electrons. The molecule has 1 saturated heterocycles. The predicted octanol–water partition coefficient (Wildman–Crippen LogP) is -0.0219. The number of nitrogens with one attached hydrogen (secondary N) is 2. The lowest BCUT2D eigenvalue weighted by molar-refractivity contribution is -0.155. The van der Waals surface area contributed by atoms with Gasteiger partial charge >= 0.3 is 5.97 Å². The van der Waals surface area contributed by atoms with E-state index < -0.39 is 6.04 Å². The van der Waals surface area contributed by atoms with Gasteiger partial charge in [0.2, 0.25) is 5.91 Å². The minimum atomic E-state index is -0.446. The van der Waals surface area contributed by atoms with Crippen LogP contribution in [-0.4, -0.2) is 52.5 Å². The third-order valence-corrected chi connectivity index (χ3v) is 4.29. The number of aromatic nitrogens is 2. The number of ether oxygens (including phenoxy) is 1. The van der Waals surface area contributed by atoms with Gasteiger partial charge in [0.1, 0.15) is 6.04 Å². The molecule has 2 aliphatic heterocycles. The number of hydrogen-bond donors (Lipinski definition) is 2. The molecule has 7 heteroatoms. The molecule has 0 aliphatic carbocycles. The van der Waals surface area contributed by atoms with Crippen molar-refractivity contribution >= 4 is 11.9 Å². The molecule has 0 radical (unpaired) electrons. The molecular weight excluding hydrogens is 272 g/mol. The molecule has 2 aliphatic rings. The third kappa shape index (κ3) is 2.65. The molecule has 1 fully saturated rings. The van der Waals surface area contributed by atoms with E-state index in [1.54, 1.807) is 11.2 Å². The summed E-state index contributed by atoms with van der Waals surface area (Å²) in [6, 6.07) is -0.760. The number of piperidine rings is 1. The largest absolute Gasteiger partial charge is 0.467 e. The summed E-state index contributed by atoms with van der Waals surface area (Å²) >= 11 is 0. The Kier molecular flexibility index (Phi) is 3.92. The van der Waals surface area contributed by atoms with Gasteiger partial charge in [-0.25, -0.2) is 9.78 Å². The molecule has 2 N–H and O–H groups in total. The molecule has 1 aromatic rings. The second-order valence-corrected chi connectivity index (χ2v) is 5.53. The fourth-order valence-corrected chi connectivity index (χ4v) is 3.12. The van der Waals surface area contributed by atoms with Gasteiger partial charge in [0.25, 0.3) is 0 Å². The number of methoxy groups -OCH3 is 1. The van der Waals surface area contributed by atoms with Crippen LogP contribution in [0, 0.1) is 0 Å². The molecule has 1 aromatic heterocycles. The van der Waals surface area contributed by atoms with Gasteiger partial charge in [0, 0.05) is 19.5 Å². The number of carbonyl (C=O) groups is 2. The van der Waals surface area contributed by atoms with Crippen LogP contribution in [0.15, 0.2) is 6.33 Å². The minimum Gasteiger partial charge on any atom is -0.467 e. The molecule has 1 amide bonds. The molecular formula is C14H20N4O3. The van der Waals surface area contributed by atoms with E-state index in [4.69, 9.17) is 4.74 Å². The number of fused-ring (bicyclic) bond motifs is 1. The standard InChI is InChI=1S/C14H20N4O3/c1-21-14(20)12-4-2-3-5-18(12)13(19)10-6-9-11(7-15-10)17-8-16-9/h8,10,12,15H,2-7H2,1H3,(H,16,17). The third-order valence-electron chi connectivity index (χ3n) is 4.29. The maximum Gasteiger partial charge on any atom is 0.328 e. The van der Waals surface area contributed by atoms with Crippen LogP contribution in [0.1, 0.15) is 30.7 Å². The first-order chi connectivity index (χ1) is 10.2. The van der Waals surface area contributed by atoms with Gasteiger partial charge in [-0.2, -0.15) is 0 Å². The van der Waals surface area contributed by atoms with E-state index in [0.717, 1.165) is 24.2 Å². The highest BCUT2D eigenvalue weighted by atomic mass is 16.5. The minimum absolute atomic E-state index is 0.0289. The lowest BCUT2D eigenvalue weighted by Gasteiger charge is -2.37. The summed E-state index contributed by atoms with van der Waals surface area (Å²) in [5.74, 6) is -0.349. The quantitative estimate of drug-likeness (QED) is 0.748. The van der Waals surface area contributed by atoms with Crippen LogP contribution >= 0.6 is 0 Å². The van der Waals surface area contributed by atoms with Crippen LogP contribution in [0.5, 0.6) is 0 Å². The summed E-state index contributed by atoms with van der Waals surface area (Å²) in [5, 5.41) is 3.22. The second-order valence-electron chi connectivity index (χ2n) is 5.53. The maximum absolute atomic E-state index is 12.7. The van der Waals surface area contributed by atoms with E-state index in [9.17, 15) is 9.59 Å². The lowest BCUT2D eigenvalue weighted by atomic mass is 9.98. The topological polar surface area (TPSA) is 87.3 Å². The molecule has 3 heterocycles. The van der Waals surface area contributed by atoms with Gasteiger partial charge in [0.05, 0.1) is 30.9 Å². The van der Waals surface area contributed by atoms with E-state index in [1.807, 2.05) is 0 Å². The van der Waals surface area contributed by atoms with E-state index in [2.05, 4.69) is 15.3 Å². The van der Waals surface area contributed by atoms with Crippen molar-refractivity contribution < 1.29 is 14.3 Å². The lowest BCUT2D eigenvalue weighted by Crippen LogP contribution is -2.56. The van der Waals surface area contributed by atoms with E-state index in [-0.39, 0.29) is 17.9 Å². The first kappa shape index (κ1) is 14.1. The molecule has 2 atom stereocenters. The SMILES string of the molecule is COC(=O)C1CCCCN1C(=O)C1Cc2nc[nH]c2CN1. The molecule has 0 aromatic carbocycles. The highest BCUT2D eigenvalue weighted by Crippen LogP contribution is 2.21. The van der Waals surface area contributed by atoms with Crippen molar-refractivity contribution in [3.63, 3.8) is 0 Å². The van der Waals surface area contributed by atoms with Crippen molar-refractivity contribution in [2.24, 2.45) is 0 Å². The summed E-state index contributed by atoms with van der Waals surface area (Å²) in [6.45, 7) is 1.21. The molecule has 0 bridgehead atoms. The number of amides is 1. The molecule has 21 heavy (non-hydrogen) atoms. The van der Waals surface area contributed by atoms with Gasteiger partial charge in [-0.1, -0.05) is 0 Å². The zero-order valence-electron chi connectivity index (χ0n) is 12.1. The number of esters is 1. The van der Waals surface area contributed by atoms with Crippen LogP contribution in [0.2, 0.25) is 0 Å². The van der Waals surface area contributed by atoms with Crippen molar-refractivity contribution in [2.75, 3.05) is 13.7 Å². The number of H-pyrrole nitrogens is 1. The van der Waals surface area contributed by atoms with Crippen LogP contribution < -0.4 is 5.32 Å². The average Bonchev–Trinajstić information content (AvgIpc) is 3.01. The van der Waals surface area contributed by atoms with Crippen molar-refractivity contribution in [1.82, 2.24) is 20.2 Å². The number of aromatic amines is 1. The van der Waals surface area contributed by atoms with Crippen molar-refractivity contribution in [1.29, 1.82) is 0 Å². The Bertz CT molecular complexity index is 542. The molecule has 0 spiro atoms. The van der Waals surface area contributed by atoms with Crippen molar-refractivity contribution in [2.45, 2.75) is 44.3 Å². The first-order valence-electron chi connectivity index (χ1n) is 7.33. The fourth-order valence-electron chi connectivity index (χ4n) is 3.12. The monoisotopic (exact) mass is 292 g/mol. The van der Waals surface area contributed by atoms with Crippen molar-refractivity contribution in [3.8, 4) is 0 Å². The number of hydrogen-bond acceptors (Lipinski definition) is 5. The number of rotatable bonds is 2. The fraction of sp³-hybridized carbons (Fsp3) is 0.643. The highest BCUT2D eigenvalue weighted by molar-refractivity contribution is 5.88. The molecule has 7 nitrogen and oxygen atoms in total. The van der Waals surface area contributed by atoms with Gasteiger partial charge in [-0.3, -0.25) is 10.1 Å². The Morgan fingerprint density at radius 1 is 1.43 bits per heavy atom. The normalized spacial score (nSPS) is 25.3. The molecule has 2 unspecified atom stereocenters. The highest BCUT2D eigenvalue weighted by Gasteiger charge is 2.37. The van der Waals surface area contributed by atoms with E-state index in [0.29, 0.717) is 25.9 Å². The molecule has 0 saturated carbocycles. The van der Waals surface area contributed by atoms with Crippen LogP contribution in [0.25, 0.3) is 0 Å². The number of nitrogens with zero attached hydrogens (tertiary/aromatic N) is 2. The smallest absolute Gasteiger partial charge is 0.328 e. The number of imidazole rings is 1. The van der Waals surface area contributed by atoms with Crippen LogP contribution in [0.4, 0.5) is 0 Å². The van der Waals surface area contributed by atoms with Crippen LogP contribution in [-0.2, 0) is 27.3 Å². The Balaban J connectivity index is 1.73. The first-order valence-corrected chi connectivity index (χ1v) is 7.33. The second kappa shape index (κ2) is 5.85. The zero-order chi connectivity index (χ0) is 14.8. The molecule has 3 rings (SSSR count). The van der Waals surface area contributed by atoms with E-state index in [1.165, 1.54) is 7.11 Å². The van der Waals surface area contributed by atoms with Gasteiger partial charge in [0.15, 0.2) is 0 Å². The Morgan fingerprint density at radius 2 is 2.29 bits per heavy atom. The summed E-state index contributed by atoms with van der Waals surface area (Å²) in [6.07, 6.45) is 4.77. The summed E-state index contributed by atoms with van der Waals surface area (Å²) in [7, 11) is 1.37. The van der Waals surface area contributed by atoms with Gasteiger partial charge < -0.3 is 14.6 Å². The summed E-state index contributed by atoms with van der Waals surface area (Å²) in [5.41, 5.74) is 1.96. The Hall–Kier alpha value is -1.89.